The molecule has 1 N–H and O–H groups in total. The average molecular weight is 391 g/mol. The summed E-state index contributed by atoms with van der Waals surface area (Å²) in [5, 5.41) is 3.31. The van der Waals surface area contributed by atoms with Gasteiger partial charge < -0.3 is 5.32 Å². The topological polar surface area (TPSA) is 42.0 Å². The first-order chi connectivity index (χ1) is 13.2. The summed E-state index contributed by atoms with van der Waals surface area (Å²) in [5.74, 6) is -0.0640. The maximum atomic E-state index is 13.1. The van der Waals surface area contributed by atoms with Crippen LogP contribution in [0.1, 0.15) is 16.4 Å². The van der Waals surface area contributed by atoms with Crippen molar-refractivity contribution in [1.29, 1.82) is 0 Å². The minimum Gasteiger partial charge on any atom is -0.301 e. The zero-order valence-corrected chi connectivity index (χ0v) is 16.4. The van der Waals surface area contributed by atoms with Crippen LogP contribution in [-0.4, -0.2) is 10.9 Å². The normalized spacial score (nSPS) is 12.0. The lowest BCUT2D eigenvalue weighted by atomic mass is 10.1. The van der Waals surface area contributed by atoms with Gasteiger partial charge in [0.2, 0.25) is 5.91 Å². The van der Waals surface area contributed by atoms with E-state index in [1.165, 1.54) is 16.9 Å². The Balaban J connectivity index is 1.61. The Morgan fingerprint density at radius 2 is 1.70 bits per heavy atom. The molecule has 1 atom stereocenters. The van der Waals surface area contributed by atoms with Crippen LogP contribution in [0.5, 0.6) is 0 Å². The number of carbonyl (C=O) groups excluding carboxylic acids is 1. The maximum Gasteiger partial charge on any atom is 0.244 e. The van der Waals surface area contributed by atoms with Crippen molar-refractivity contribution in [3.05, 3.63) is 90.0 Å². The number of amides is 1. The molecule has 3 aromatic carbocycles. The highest BCUT2D eigenvalue weighted by Gasteiger charge is 2.23. The van der Waals surface area contributed by atoms with E-state index in [1.807, 2.05) is 72.8 Å². The molecule has 1 aromatic heterocycles. The molecule has 1 heterocycles. The van der Waals surface area contributed by atoms with Crippen molar-refractivity contribution >= 4 is 44.4 Å². The number of carbonyl (C=O) groups is 1. The first-order valence-electron chi connectivity index (χ1n) is 8.64. The van der Waals surface area contributed by atoms with E-state index in [9.17, 15) is 4.79 Å². The third-order valence-corrected chi connectivity index (χ3v) is 6.31. The molecule has 4 aromatic rings. The van der Waals surface area contributed by atoms with Crippen LogP contribution in [0.2, 0.25) is 0 Å². The summed E-state index contributed by atoms with van der Waals surface area (Å²) in [4.78, 5) is 18.7. The molecule has 3 nitrogen and oxygen atoms in total. The van der Waals surface area contributed by atoms with Crippen molar-refractivity contribution in [2.24, 2.45) is 0 Å². The molecular weight excluding hydrogens is 372 g/mol. The molecule has 0 saturated carbocycles. The van der Waals surface area contributed by atoms with Gasteiger partial charge in [-0.2, -0.15) is 0 Å². The zero-order valence-electron chi connectivity index (χ0n) is 14.8. The van der Waals surface area contributed by atoms with Crippen LogP contribution in [-0.2, 0) is 4.79 Å². The number of hydrogen-bond donors (Lipinski definition) is 1. The molecule has 5 heteroatoms. The Morgan fingerprint density at radius 1 is 1.00 bits per heavy atom. The van der Waals surface area contributed by atoms with Gasteiger partial charge in [-0.05, 0) is 42.3 Å². The number of nitrogens with one attached hydrogen (secondary N) is 1. The SMILES string of the molecule is Cc1ccc2nc(NC(=O)C(Sc3ccccc3)c3ccccc3)sc2c1. The van der Waals surface area contributed by atoms with Crippen LogP contribution < -0.4 is 5.32 Å². The van der Waals surface area contributed by atoms with Gasteiger partial charge in [0.05, 0.1) is 10.2 Å². The minimum atomic E-state index is -0.345. The molecule has 4 rings (SSSR count). The zero-order chi connectivity index (χ0) is 18.6. The minimum absolute atomic E-state index is 0.0640. The fraction of sp³-hybridized carbons (Fsp3) is 0.0909. The van der Waals surface area contributed by atoms with Gasteiger partial charge in [-0.25, -0.2) is 4.98 Å². The highest BCUT2D eigenvalue weighted by molar-refractivity contribution is 8.00. The highest BCUT2D eigenvalue weighted by Crippen LogP contribution is 2.37. The summed E-state index contributed by atoms with van der Waals surface area (Å²) in [7, 11) is 0. The van der Waals surface area contributed by atoms with E-state index < -0.39 is 0 Å². The maximum absolute atomic E-state index is 13.1. The Kier molecular flexibility index (Phi) is 5.23. The largest absolute Gasteiger partial charge is 0.301 e. The highest BCUT2D eigenvalue weighted by atomic mass is 32.2. The second-order valence-electron chi connectivity index (χ2n) is 6.20. The van der Waals surface area contributed by atoms with E-state index in [4.69, 9.17) is 0 Å². The van der Waals surface area contributed by atoms with Gasteiger partial charge in [-0.1, -0.05) is 65.9 Å². The third-order valence-electron chi connectivity index (χ3n) is 4.11. The van der Waals surface area contributed by atoms with Crippen LogP contribution >= 0.6 is 23.1 Å². The molecule has 0 aliphatic rings. The standard InChI is InChI=1S/C22H18N2OS2/c1-15-12-13-18-19(14-15)27-22(23-18)24-21(25)20(16-8-4-2-5-9-16)26-17-10-6-3-7-11-17/h2-14,20H,1H3,(H,23,24,25). The van der Waals surface area contributed by atoms with Gasteiger partial charge in [-0.3, -0.25) is 4.79 Å². The van der Waals surface area contributed by atoms with Crippen molar-refractivity contribution in [2.45, 2.75) is 17.1 Å². The third kappa shape index (κ3) is 4.21. The van der Waals surface area contributed by atoms with Gasteiger partial charge in [0, 0.05) is 4.90 Å². The van der Waals surface area contributed by atoms with Crippen LogP contribution in [0.4, 0.5) is 5.13 Å². The lowest BCUT2D eigenvalue weighted by Crippen LogP contribution is -2.18. The summed E-state index contributed by atoms with van der Waals surface area (Å²) in [6, 6.07) is 26.0. The number of rotatable bonds is 5. The predicted molar refractivity (Wildman–Crippen MR) is 114 cm³/mol. The Morgan fingerprint density at radius 3 is 2.44 bits per heavy atom. The number of thioether (sulfide) groups is 1. The second-order valence-corrected chi connectivity index (χ2v) is 8.41. The van der Waals surface area contributed by atoms with Crippen molar-refractivity contribution in [3.63, 3.8) is 0 Å². The number of benzene rings is 3. The molecule has 0 saturated heterocycles. The molecule has 0 spiro atoms. The second kappa shape index (κ2) is 7.94. The van der Waals surface area contributed by atoms with Crippen molar-refractivity contribution in [3.8, 4) is 0 Å². The van der Waals surface area contributed by atoms with Crippen LogP contribution in [0.15, 0.2) is 83.8 Å². The van der Waals surface area contributed by atoms with Crippen LogP contribution in [0, 0.1) is 6.92 Å². The number of anilines is 1. The number of thiazole rings is 1. The molecule has 1 amide bonds. The Hall–Kier alpha value is -2.63. The fourth-order valence-electron chi connectivity index (χ4n) is 2.79. The van der Waals surface area contributed by atoms with Gasteiger partial charge in [0.15, 0.2) is 5.13 Å². The van der Waals surface area contributed by atoms with Crippen molar-refractivity contribution < 1.29 is 4.79 Å². The monoisotopic (exact) mass is 390 g/mol. The predicted octanol–water partition coefficient (Wildman–Crippen LogP) is 6.08. The van der Waals surface area contributed by atoms with Gasteiger partial charge in [0.25, 0.3) is 0 Å². The van der Waals surface area contributed by atoms with Gasteiger partial charge in [0.1, 0.15) is 5.25 Å². The van der Waals surface area contributed by atoms with E-state index in [0.29, 0.717) is 5.13 Å². The Labute approximate surface area is 166 Å². The van der Waals surface area contributed by atoms with Crippen molar-refractivity contribution in [1.82, 2.24) is 4.98 Å². The van der Waals surface area contributed by atoms with Crippen LogP contribution in [0.25, 0.3) is 10.2 Å². The number of aromatic nitrogens is 1. The molecule has 27 heavy (non-hydrogen) atoms. The summed E-state index contributed by atoms with van der Waals surface area (Å²) in [6.07, 6.45) is 0. The molecule has 0 aliphatic heterocycles. The fourth-order valence-corrected chi connectivity index (χ4v) is 4.80. The molecular formula is C22H18N2OS2. The molecule has 0 bridgehead atoms. The molecule has 0 fully saturated rings. The summed E-state index contributed by atoms with van der Waals surface area (Å²) in [6.45, 7) is 2.05. The van der Waals surface area contributed by atoms with E-state index in [0.717, 1.165) is 20.7 Å². The number of aryl methyl sites for hydroxylation is 1. The van der Waals surface area contributed by atoms with Crippen LogP contribution in [0.3, 0.4) is 0 Å². The summed E-state index contributed by atoms with van der Waals surface area (Å²) in [5.41, 5.74) is 3.07. The van der Waals surface area contributed by atoms with Crippen molar-refractivity contribution in [2.75, 3.05) is 5.32 Å². The average Bonchev–Trinajstić information content (AvgIpc) is 3.08. The Bertz CT molecular complexity index is 1060. The lowest BCUT2D eigenvalue weighted by molar-refractivity contribution is -0.115. The van der Waals surface area contributed by atoms with E-state index in [2.05, 4.69) is 23.3 Å². The van der Waals surface area contributed by atoms with Gasteiger partial charge in [-0.15, -0.1) is 11.8 Å². The molecule has 134 valence electrons. The van der Waals surface area contributed by atoms with E-state index in [-0.39, 0.29) is 11.2 Å². The van der Waals surface area contributed by atoms with E-state index >= 15 is 0 Å². The molecule has 0 aliphatic carbocycles. The molecule has 1 unspecified atom stereocenters. The lowest BCUT2D eigenvalue weighted by Gasteiger charge is -2.16. The summed E-state index contributed by atoms with van der Waals surface area (Å²) < 4.78 is 1.08. The first-order valence-corrected chi connectivity index (χ1v) is 10.3. The number of hydrogen-bond acceptors (Lipinski definition) is 4. The molecule has 0 radical (unpaired) electrons. The van der Waals surface area contributed by atoms with Gasteiger partial charge >= 0.3 is 0 Å². The number of fused-ring (bicyclic) bond motifs is 1. The van der Waals surface area contributed by atoms with E-state index in [1.54, 1.807) is 11.8 Å². The summed E-state index contributed by atoms with van der Waals surface area (Å²) >= 11 is 3.05. The number of nitrogens with zero attached hydrogens (tertiary/aromatic N) is 1. The smallest absolute Gasteiger partial charge is 0.244 e. The first kappa shape index (κ1) is 17.8. The quantitative estimate of drug-likeness (QED) is 0.420.